The molecule has 1 aromatic heterocycles. The summed E-state index contributed by atoms with van der Waals surface area (Å²) in [6, 6.07) is 0.314. The Morgan fingerprint density at radius 3 is 3.00 bits per heavy atom. The van der Waals surface area contributed by atoms with E-state index < -0.39 is 11.5 Å². The molecule has 26 heavy (non-hydrogen) atoms. The van der Waals surface area contributed by atoms with E-state index in [4.69, 9.17) is 4.74 Å². The summed E-state index contributed by atoms with van der Waals surface area (Å²) in [5.74, 6) is -0.827. The van der Waals surface area contributed by atoms with Crippen LogP contribution in [0.5, 0.6) is 0 Å². The number of carbonyl (C=O) groups excluding carboxylic acids is 2. The predicted octanol–water partition coefficient (Wildman–Crippen LogP) is 0.119. The molecule has 3 fully saturated rings. The number of rotatable bonds is 5. The molecule has 0 unspecified atom stereocenters. The van der Waals surface area contributed by atoms with E-state index >= 15 is 0 Å². The molecule has 138 valence electrons. The maximum absolute atomic E-state index is 13.1. The normalized spacial score (nSPS) is 35.5. The van der Waals surface area contributed by atoms with Crippen LogP contribution in [-0.4, -0.2) is 62.5 Å². The third kappa shape index (κ3) is 2.31. The molecule has 4 aliphatic rings. The van der Waals surface area contributed by atoms with E-state index in [9.17, 15) is 9.59 Å². The highest BCUT2D eigenvalue weighted by Crippen LogP contribution is 2.52. The first kappa shape index (κ1) is 16.0. The van der Waals surface area contributed by atoms with Gasteiger partial charge < -0.3 is 15.0 Å². The molecule has 1 aromatic rings. The maximum Gasteiger partial charge on any atom is 0.230 e. The van der Waals surface area contributed by atoms with Crippen LogP contribution >= 0.6 is 0 Å². The number of nitrogens with one attached hydrogen (secondary N) is 1. The largest absolute Gasteiger partial charge is 0.360 e. The minimum absolute atomic E-state index is 0.0974. The summed E-state index contributed by atoms with van der Waals surface area (Å²) < 4.78 is 7.84. The first-order valence-corrected chi connectivity index (χ1v) is 9.47. The van der Waals surface area contributed by atoms with Crippen molar-refractivity contribution in [2.45, 2.75) is 50.0 Å². The van der Waals surface area contributed by atoms with E-state index in [2.05, 4.69) is 15.6 Å². The van der Waals surface area contributed by atoms with Gasteiger partial charge in [0.15, 0.2) is 0 Å². The Morgan fingerprint density at radius 2 is 2.23 bits per heavy atom. The Balaban J connectivity index is 1.30. The van der Waals surface area contributed by atoms with Gasteiger partial charge >= 0.3 is 0 Å². The number of ether oxygens (including phenoxy) is 1. The van der Waals surface area contributed by atoms with Crippen molar-refractivity contribution in [1.29, 1.82) is 0 Å². The SMILES string of the molecule is O=C(NCCn1ccnn1)[C@H]1[C@@H]2C=C[C@@]3(CN(C4CCCC4)C(=O)[C@@H]13)O2. The van der Waals surface area contributed by atoms with Crippen molar-refractivity contribution in [3.05, 3.63) is 24.5 Å². The van der Waals surface area contributed by atoms with E-state index in [1.54, 1.807) is 17.1 Å². The lowest BCUT2D eigenvalue weighted by molar-refractivity contribution is -0.138. The number of nitrogens with zero attached hydrogens (tertiary/aromatic N) is 4. The smallest absolute Gasteiger partial charge is 0.230 e. The average molecular weight is 357 g/mol. The quantitative estimate of drug-likeness (QED) is 0.756. The van der Waals surface area contributed by atoms with Gasteiger partial charge in [0.05, 0.1) is 37.2 Å². The van der Waals surface area contributed by atoms with Crippen molar-refractivity contribution in [3.63, 3.8) is 0 Å². The highest BCUT2D eigenvalue weighted by atomic mass is 16.5. The molecule has 2 saturated heterocycles. The lowest BCUT2D eigenvalue weighted by atomic mass is 9.77. The van der Waals surface area contributed by atoms with Crippen LogP contribution in [0.1, 0.15) is 25.7 Å². The standard InChI is InChI=1S/C18H23N5O3/c24-16(19-7-9-22-10-8-20-21-22)14-13-5-6-18(26-13)11-23(17(25)15(14)18)12-3-1-2-4-12/h5-6,8,10,12-15H,1-4,7,9,11H2,(H,19,24)/t13-,14-,15+,18-/m0/s1. The molecule has 4 atom stereocenters. The van der Waals surface area contributed by atoms with Gasteiger partial charge in [0, 0.05) is 18.8 Å². The summed E-state index contributed by atoms with van der Waals surface area (Å²) in [6.45, 7) is 1.60. The third-order valence-electron chi connectivity index (χ3n) is 6.31. The molecular formula is C18H23N5O3. The molecular weight excluding hydrogens is 334 g/mol. The zero-order chi connectivity index (χ0) is 17.7. The molecule has 2 bridgehead atoms. The second kappa shape index (κ2) is 5.90. The van der Waals surface area contributed by atoms with Gasteiger partial charge in [0.2, 0.25) is 11.8 Å². The minimum Gasteiger partial charge on any atom is -0.360 e. The van der Waals surface area contributed by atoms with Crippen molar-refractivity contribution in [3.8, 4) is 0 Å². The van der Waals surface area contributed by atoms with Crippen LogP contribution in [0.2, 0.25) is 0 Å². The number of amides is 2. The summed E-state index contributed by atoms with van der Waals surface area (Å²) in [6.07, 6.45) is 11.5. The van der Waals surface area contributed by atoms with Crippen LogP contribution in [0.15, 0.2) is 24.5 Å². The van der Waals surface area contributed by atoms with Gasteiger partial charge in [-0.15, -0.1) is 5.10 Å². The molecule has 3 aliphatic heterocycles. The van der Waals surface area contributed by atoms with E-state index in [1.165, 1.54) is 12.8 Å². The fourth-order valence-electron chi connectivity index (χ4n) is 5.12. The first-order valence-electron chi connectivity index (χ1n) is 9.47. The van der Waals surface area contributed by atoms with Gasteiger partial charge in [-0.25, -0.2) is 0 Å². The van der Waals surface area contributed by atoms with Crippen molar-refractivity contribution < 1.29 is 14.3 Å². The Hall–Kier alpha value is -2.22. The van der Waals surface area contributed by atoms with Gasteiger partial charge in [0.25, 0.3) is 0 Å². The second-order valence-corrected chi connectivity index (χ2v) is 7.76. The molecule has 1 aliphatic carbocycles. The molecule has 1 saturated carbocycles. The maximum atomic E-state index is 13.1. The zero-order valence-corrected chi connectivity index (χ0v) is 14.6. The molecule has 0 aromatic carbocycles. The minimum atomic E-state index is -0.599. The number of hydrogen-bond donors (Lipinski definition) is 1. The fraction of sp³-hybridized carbons (Fsp3) is 0.667. The topological polar surface area (TPSA) is 89.4 Å². The molecule has 0 radical (unpaired) electrons. The number of aromatic nitrogens is 3. The van der Waals surface area contributed by atoms with E-state index in [1.807, 2.05) is 17.1 Å². The zero-order valence-electron chi connectivity index (χ0n) is 14.6. The Morgan fingerprint density at radius 1 is 1.38 bits per heavy atom. The Labute approximate surface area is 151 Å². The number of carbonyl (C=O) groups is 2. The van der Waals surface area contributed by atoms with Crippen molar-refractivity contribution >= 4 is 11.8 Å². The van der Waals surface area contributed by atoms with E-state index in [-0.39, 0.29) is 23.8 Å². The second-order valence-electron chi connectivity index (χ2n) is 7.76. The predicted molar refractivity (Wildman–Crippen MR) is 90.7 cm³/mol. The van der Waals surface area contributed by atoms with E-state index in [0.29, 0.717) is 25.7 Å². The fourth-order valence-corrected chi connectivity index (χ4v) is 5.12. The van der Waals surface area contributed by atoms with Gasteiger partial charge in [-0.1, -0.05) is 30.2 Å². The van der Waals surface area contributed by atoms with Crippen LogP contribution in [0, 0.1) is 11.8 Å². The van der Waals surface area contributed by atoms with Crippen LogP contribution in [0.4, 0.5) is 0 Å². The van der Waals surface area contributed by atoms with Crippen LogP contribution in [-0.2, 0) is 20.9 Å². The van der Waals surface area contributed by atoms with Crippen molar-refractivity contribution in [1.82, 2.24) is 25.2 Å². The molecule has 1 N–H and O–H groups in total. The highest BCUT2D eigenvalue weighted by molar-refractivity contribution is 5.93. The summed E-state index contributed by atoms with van der Waals surface area (Å²) in [5.41, 5.74) is -0.599. The third-order valence-corrected chi connectivity index (χ3v) is 6.31. The van der Waals surface area contributed by atoms with Gasteiger partial charge in [-0.05, 0) is 12.8 Å². The van der Waals surface area contributed by atoms with Crippen molar-refractivity contribution in [2.75, 3.05) is 13.1 Å². The highest BCUT2D eigenvalue weighted by Gasteiger charge is 2.67. The lowest BCUT2D eigenvalue weighted by Crippen LogP contribution is -2.45. The van der Waals surface area contributed by atoms with Gasteiger partial charge in [-0.3, -0.25) is 14.3 Å². The molecule has 4 heterocycles. The van der Waals surface area contributed by atoms with Gasteiger partial charge in [0.1, 0.15) is 5.60 Å². The van der Waals surface area contributed by atoms with Crippen LogP contribution in [0.25, 0.3) is 0 Å². The summed E-state index contributed by atoms with van der Waals surface area (Å²) in [7, 11) is 0. The van der Waals surface area contributed by atoms with Gasteiger partial charge in [-0.2, -0.15) is 0 Å². The number of likely N-dealkylation sites (tertiary alicyclic amines) is 1. The molecule has 2 amide bonds. The molecule has 8 nitrogen and oxygen atoms in total. The Bertz CT molecular complexity index is 742. The summed E-state index contributed by atoms with van der Waals surface area (Å²) >= 11 is 0. The van der Waals surface area contributed by atoms with E-state index in [0.717, 1.165) is 12.8 Å². The lowest BCUT2D eigenvalue weighted by Gasteiger charge is -2.27. The monoisotopic (exact) mass is 357 g/mol. The number of hydrogen-bond acceptors (Lipinski definition) is 5. The average Bonchev–Trinajstić information content (AvgIpc) is 3.43. The molecule has 1 spiro atoms. The molecule has 8 heteroatoms. The van der Waals surface area contributed by atoms with Crippen LogP contribution in [0.3, 0.4) is 0 Å². The number of fused-ring (bicyclic) bond motifs is 1. The summed E-state index contributed by atoms with van der Waals surface area (Å²) in [4.78, 5) is 28.0. The van der Waals surface area contributed by atoms with Crippen LogP contribution < -0.4 is 5.32 Å². The first-order chi connectivity index (χ1) is 12.7. The molecule has 5 rings (SSSR count). The Kier molecular flexibility index (Phi) is 3.63. The van der Waals surface area contributed by atoms with Crippen molar-refractivity contribution in [2.24, 2.45) is 11.8 Å². The summed E-state index contributed by atoms with van der Waals surface area (Å²) in [5, 5.41) is 10.6.